The SMILES string of the molecule is CCCCNc1ccccc1C(=O)N1CCCC(CO)C1. The van der Waals surface area contributed by atoms with Crippen molar-refractivity contribution in [2.75, 3.05) is 31.6 Å². The predicted molar refractivity (Wildman–Crippen MR) is 85.6 cm³/mol. The second kappa shape index (κ2) is 8.03. The number of nitrogens with one attached hydrogen (secondary N) is 1. The Morgan fingerprint density at radius 3 is 3.00 bits per heavy atom. The Morgan fingerprint density at radius 1 is 1.43 bits per heavy atom. The van der Waals surface area contributed by atoms with E-state index >= 15 is 0 Å². The van der Waals surface area contributed by atoms with E-state index < -0.39 is 0 Å². The van der Waals surface area contributed by atoms with Crippen LogP contribution in [0.2, 0.25) is 0 Å². The van der Waals surface area contributed by atoms with Crippen molar-refractivity contribution in [3.8, 4) is 0 Å². The molecule has 116 valence electrons. The molecule has 1 atom stereocenters. The monoisotopic (exact) mass is 290 g/mol. The predicted octanol–water partition coefficient (Wildman–Crippen LogP) is 2.74. The van der Waals surface area contributed by atoms with E-state index in [4.69, 9.17) is 0 Å². The van der Waals surface area contributed by atoms with Gasteiger partial charge in [-0.15, -0.1) is 0 Å². The Morgan fingerprint density at radius 2 is 2.24 bits per heavy atom. The molecule has 1 aromatic carbocycles. The number of carbonyl (C=O) groups is 1. The van der Waals surface area contributed by atoms with Crippen LogP contribution in [0.4, 0.5) is 5.69 Å². The third kappa shape index (κ3) is 4.21. The van der Waals surface area contributed by atoms with Gasteiger partial charge < -0.3 is 15.3 Å². The van der Waals surface area contributed by atoms with Crippen LogP contribution in [0.15, 0.2) is 24.3 Å². The third-order valence-electron chi connectivity index (χ3n) is 4.07. The van der Waals surface area contributed by atoms with Gasteiger partial charge in [0.05, 0.1) is 5.56 Å². The minimum atomic E-state index is 0.0766. The fourth-order valence-corrected chi connectivity index (χ4v) is 2.79. The molecule has 0 bridgehead atoms. The lowest BCUT2D eigenvalue weighted by molar-refractivity contribution is 0.0621. The van der Waals surface area contributed by atoms with Gasteiger partial charge in [0.2, 0.25) is 0 Å². The molecule has 1 saturated heterocycles. The molecule has 1 fully saturated rings. The number of hydrogen-bond acceptors (Lipinski definition) is 3. The number of amides is 1. The van der Waals surface area contributed by atoms with Gasteiger partial charge in [0.1, 0.15) is 0 Å². The molecule has 2 N–H and O–H groups in total. The summed E-state index contributed by atoms with van der Waals surface area (Å²) in [4.78, 5) is 14.6. The zero-order valence-corrected chi connectivity index (χ0v) is 12.8. The first-order valence-electron chi connectivity index (χ1n) is 7.99. The molecule has 2 rings (SSSR count). The minimum absolute atomic E-state index is 0.0766. The van der Waals surface area contributed by atoms with E-state index in [0.717, 1.165) is 50.0 Å². The van der Waals surface area contributed by atoms with Crippen molar-refractivity contribution in [3.63, 3.8) is 0 Å². The maximum atomic E-state index is 12.7. The number of benzene rings is 1. The second-order valence-corrected chi connectivity index (χ2v) is 5.77. The molecule has 1 aliphatic rings. The Hall–Kier alpha value is -1.55. The van der Waals surface area contributed by atoms with Crippen LogP contribution in [0.5, 0.6) is 0 Å². The third-order valence-corrected chi connectivity index (χ3v) is 4.07. The molecule has 0 aliphatic carbocycles. The zero-order chi connectivity index (χ0) is 15.1. The number of anilines is 1. The average Bonchev–Trinajstić information content (AvgIpc) is 2.55. The Bertz CT molecular complexity index is 462. The van der Waals surface area contributed by atoms with Crippen LogP contribution in [0.3, 0.4) is 0 Å². The molecule has 0 radical (unpaired) electrons. The smallest absolute Gasteiger partial charge is 0.255 e. The fourth-order valence-electron chi connectivity index (χ4n) is 2.79. The maximum Gasteiger partial charge on any atom is 0.255 e. The molecule has 1 unspecified atom stereocenters. The first-order chi connectivity index (χ1) is 10.3. The van der Waals surface area contributed by atoms with Crippen molar-refractivity contribution in [1.29, 1.82) is 0 Å². The van der Waals surface area contributed by atoms with Gasteiger partial charge in [0.25, 0.3) is 5.91 Å². The number of aliphatic hydroxyl groups excluding tert-OH is 1. The van der Waals surface area contributed by atoms with Crippen LogP contribution in [0.25, 0.3) is 0 Å². The highest BCUT2D eigenvalue weighted by Gasteiger charge is 2.25. The van der Waals surface area contributed by atoms with E-state index in [0.29, 0.717) is 6.54 Å². The van der Waals surface area contributed by atoms with E-state index in [1.54, 1.807) is 0 Å². The molecule has 1 aliphatic heterocycles. The summed E-state index contributed by atoms with van der Waals surface area (Å²) in [5, 5.41) is 12.7. The minimum Gasteiger partial charge on any atom is -0.396 e. The standard InChI is InChI=1S/C17H26N2O2/c1-2-3-10-18-16-9-5-4-8-15(16)17(21)19-11-6-7-14(12-19)13-20/h4-5,8-9,14,18,20H,2-3,6-7,10-13H2,1H3. The van der Waals surface area contributed by atoms with Crippen molar-refractivity contribution >= 4 is 11.6 Å². The summed E-state index contributed by atoms with van der Waals surface area (Å²) in [5.74, 6) is 0.302. The molecule has 1 aromatic rings. The highest BCUT2D eigenvalue weighted by Crippen LogP contribution is 2.22. The van der Waals surface area contributed by atoms with Gasteiger partial charge in [-0.05, 0) is 37.3 Å². The maximum absolute atomic E-state index is 12.7. The van der Waals surface area contributed by atoms with E-state index in [1.807, 2.05) is 29.2 Å². The van der Waals surface area contributed by atoms with Gasteiger partial charge in [-0.25, -0.2) is 0 Å². The molecule has 21 heavy (non-hydrogen) atoms. The highest BCUT2D eigenvalue weighted by atomic mass is 16.3. The number of carbonyl (C=O) groups excluding carboxylic acids is 1. The number of piperidine rings is 1. The van der Waals surface area contributed by atoms with E-state index in [2.05, 4.69) is 12.2 Å². The summed E-state index contributed by atoms with van der Waals surface area (Å²) in [6.07, 6.45) is 4.21. The lowest BCUT2D eigenvalue weighted by Gasteiger charge is -2.32. The van der Waals surface area contributed by atoms with Crippen molar-refractivity contribution in [3.05, 3.63) is 29.8 Å². The summed E-state index contributed by atoms with van der Waals surface area (Å²) in [6.45, 7) is 4.67. The van der Waals surface area contributed by atoms with E-state index in [1.165, 1.54) is 0 Å². The van der Waals surface area contributed by atoms with Gasteiger partial charge in [-0.1, -0.05) is 25.5 Å². The summed E-state index contributed by atoms with van der Waals surface area (Å²) in [7, 11) is 0. The number of likely N-dealkylation sites (tertiary alicyclic amines) is 1. The number of unbranched alkanes of at least 4 members (excludes halogenated alkanes) is 1. The lowest BCUT2D eigenvalue weighted by Crippen LogP contribution is -2.41. The molecule has 0 saturated carbocycles. The first kappa shape index (κ1) is 15.8. The first-order valence-corrected chi connectivity index (χ1v) is 7.99. The number of hydrogen-bond donors (Lipinski definition) is 2. The van der Waals surface area contributed by atoms with Crippen LogP contribution in [-0.4, -0.2) is 42.2 Å². The summed E-state index contributed by atoms with van der Waals surface area (Å²) >= 11 is 0. The number of para-hydroxylation sites is 1. The summed E-state index contributed by atoms with van der Waals surface area (Å²) in [6, 6.07) is 7.72. The van der Waals surface area contributed by atoms with Gasteiger partial charge >= 0.3 is 0 Å². The van der Waals surface area contributed by atoms with Crippen LogP contribution in [0.1, 0.15) is 43.0 Å². The quantitative estimate of drug-likeness (QED) is 0.792. The zero-order valence-electron chi connectivity index (χ0n) is 12.8. The Kier molecular flexibility index (Phi) is 6.05. The number of nitrogens with zero attached hydrogens (tertiary/aromatic N) is 1. The highest BCUT2D eigenvalue weighted by molar-refractivity contribution is 5.99. The van der Waals surface area contributed by atoms with Crippen molar-refractivity contribution < 1.29 is 9.90 Å². The molecule has 1 amide bonds. The van der Waals surface area contributed by atoms with Crippen molar-refractivity contribution in [2.24, 2.45) is 5.92 Å². The molecule has 4 heteroatoms. The number of aliphatic hydroxyl groups is 1. The van der Waals surface area contributed by atoms with Gasteiger partial charge in [-0.2, -0.15) is 0 Å². The van der Waals surface area contributed by atoms with Crippen LogP contribution >= 0.6 is 0 Å². The molecule has 4 nitrogen and oxygen atoms in total. The van der Waals surface area contributed by atoms with Gasteiger partial charge in [0.15, 0.2) is 0 Å². The summed E-state index contributed by atoms with van der Waals surface area (Å²) < 4.78 is 0. The van der Waals surface area contributed by atoms with E-state index in [-0.39, 0.29) is 18.4 Å². The molecular formula is C17H26N2O2. The topological polar surface area (TPSA) is 52.6 Å². The largest absolute Gasteiger partial charge is 0.396 e. The fraction of sp³-hybridized carbons (Fsp3) is 0.588. The number of rotatable bonds is 6. The Balaban J connectivity index is 2.07. The normalized spacial score (nSPS) is 18.6. The van der Waals surface area contributed by atoms with Crippen LogP contribution in [0, 0.1) is 5.92 Å². The molecule has 0 aromatic heterocycles. The van der Waals surface area contributed by atoms with Crippen molar-refractivity contribution in [2.45, 2.75) is 32.6 Å². The average molecular weight is 290 g/mol. The molecule has 0 spiro atoms. The van der Waals surface area contributed by atoms with Crippen LogP contribution < -0.4 is 5.32 Å². The van der Waals surface area contributed by atoms with E-state index in [9.17, 15) is 9.90 Å². The van der Waals surface area contributed by atoms with Crippen molar-refractivity contribution in [1.82, 2.24) is 4.90 Å². The molecule has 1 heterocycles. The van der Waals surface area contributed by atoms with Crippen LogP contribution in [-0.2, 0) is 0 Å². The molecular weight excluding hydrogens is 264 g/mol. The van der Waals surface area contributed by atoms with Gasteiger partial charge in [-0.3, -0.25) is 4.79 Å². The Labute approximate surface area is 127 Å². The van der Waals surface area contributed by atoms with Gasteiger partial charge in [0, 0.05) is 31.9 Å². The second-order valence-electron chi connectivity index (χ2n) is 5.77. The lowest BCUT2D eigenvalue weighted by atomic mass is 9.98. The summed E-state index contributed by atoms with van der Waals surface area (Å²) in [5.41, 5.74) is 1.66.